The van der Waals surface area contributed by atoms with E-state index in [2.05, 4.69) is 17.3 Å². The van der Waals surface area contributed by atoms with Crippen molar-refractivity contribution in [3.8, 4) is 0 Å². The molecule has 0 aromatic heterocycles. The van der Waals surface area contributed by atoms with Gasteiger partial charge in [-0.3, -0.25) is 9.59 Å². The second-order valence-corrected chi connectivity index (χ2v) is 7.57. The smallest absolute Gasteiger partial charge is 0.249 e. The first-order valence-electron chi connectivity index (χ1n) is 9.91. The van der Waals surface area contributed by atoms with Gasteiger partial charge in [0.15, 0.2) is 0 Å². The van der Waals surface area contributed by atoms with E-state index in [4.69, 9.17) is 0 Å². The molecule has 5 nitrogen and oxygen atoms in total. The van der Waals surface area contributed by atoms with E-state index in [1.54, 1.807) is 0 Å². The van der Waals surface area contributed by atoms with Gasteiger partial charge in [0.25, 0.3) is 0 Å². The third kappa shape index (κ3) is 5.20. The maximum Gasteiger partial charge on any atom is 0.249 e. The molecule has 28 heavy (non-hydrogen) atoms. The predicted molar refractivity (Wildman–Crippen MR) is 111 cm³/mol. The molecular weight excluding hydrogens is 350 g/mol. The van der Waals surface area contributed by atoms with E-state index in [-0.39, 0.29) is 17.7 Å². The number of hydrogen-bond acceptors (Lipinski definition) is 3. The van der Waals surface area contributed by atoms with Crippen molar-refractivity contribution >= 4 is 11.8 Å². The summed E-state index contributed by atoms with van der Waals surface area (Å²) in [6.07, 6.45) is 0.650. The van der Waals surface area contributed by atoms with Crippen LogP contribution in [-0.4, -0.2) is 54.8 Å². The van der Waals surface area contributed by atoms with Crippen molar-refractivity contribution in [2.45, 2.75) is 19.4 Å². The van der Waals surface area contributed by atoms with Crippen molar-refractivity contribution in [2.24, 2.45) is 5.92 Å². The lowest BCUT2D eigenvalue weighted by Gasteiger charge is -2.35. The van der Waals surface area contributed by atoms with Crippen LogP contribution in [0.5, 0.6) is 0 Å². The molecule has 1 aliphatic rings. The third-order valence-corrected chi connectivity index (χ3v) is 5.31. The number of rotatable bonds is 6. The molecule has 148 valence electrons. The fourth-order valence-electron chi connectivity index (χ4n) is 3.49. The first-order chi connectivity index (χ1) is 13.5. The van der Waals surface area contributed by atoms with E-state index in [0.29, 0.717) is 19.5 Å². The monoisotopic (exact) mass is 379 g/mol. The van der Waals surface area contributed by atoms with E-state index in [1.807, 2.05) is 72.5 Å². The first kappa shape index (κ1) is 20.1. The summed E-state index contributed by atoms with van der Waals surface area (Å²) in [7, 11) is 2.06. The summed E-state index contributed by atoms with van der Waals surface area (Å²) < 4.78 is 0. The first-order valence-corrected chi connectivity index (χ1v) is 9.91. The Hall–Kier alpha value is -2.66. The number of likely N-dealkylation sites (N-methyl/N-ethyl adjacent to an activating group) is 1. The van der Waals surface area contributed by atoms with Crippen LogP contribution in [0.3, 0.4) is 0 Å². The summed E-state index contributed by atoms with van der Waals surface area (Å²) in [6.45, 7) is 4.99. The number of piperazine rings is 1. The topological polar surface area (TPSA) is 52.7 Å². The summed E-state index contributed by atoms with van der Waals surface area (Å²) in [6, 6.07) is 18.8. The van der Waals surface area contributed by atoms with Crippen molar-refractivity contribution in [2.75, 3.05) is 33.2 Å². The number of nitrogens with zero attached hydrogens (tertiary/aromatic N) is 2. The normalized spacial score (nSPS) is 17.0. The molecule has 2 aromatic carbocycles. The summed E-state index contributed by atoms with van der Waals surface area (Å²) in [5.41, 5.74) is 1.94. The molecule has 2 aromatic rings. The minimum absolute atomic E-state index is 0.0282. The molecule has 1 aliphatic heterocycles. The van der Waals surface area contributed by atoms with Gasteiger partial charge in [-0.15, -0.1) is 0 Å². The van der Waals surface area contributed by atoms with Gasteiger partial charge in [-0.1, -0.05) is 67.6 Å². The van der Waals surface area contributed by atoms with Gasteiger partial charge in [-0.2, -0.15) is 0 Å². The van der Waals surface area contributed by atoms with E-state index in [1.165, 1.54) is 0 Å². The number of benzene rings is 2. The average Bonchev–Trinajstić information content (AvgIpc) is 2.73. The Balaban J connectivity index is 1.72. The Morgan fingerprint density at radius 2 is 1.50 bits per heavy atom. The Morgan fingerprint density at radius 1 is 0.929 bits per heavy atom. The number of nitrogens with one attached hydrogen (secondary N) is 1. The third-order valence-electron chi connectivity index (χ3n) is 5.31. The molecule has 2 amide bonds. The maximum absolute atomic E-state index is 13.2. The fraction of sp³-hybridized carbons (Fsp3) is 0.391. The van der Waals surface area contributed by atoms with Crippen LogP contribution < -0.4 is 5.32 Å². The summed E-state index contributed by atoms with van der Waals surface area (Å²) >= 11 is 0. The van der Waals surface area contributed by atoms with Crippen LogP contribution in [0.15, 0.2) is 60.7 Å². The highest BCUT2D eigenvalue weighted by Gasteiger charge is 2.30. The molecule has 0 bridgehead atoms. The van der Waals surface area contributed by atoms with Gasteiger partial charge in [0.2, 0.25) is 11.8 Å². The van der Waals surface area contributed by atoms with Crippen molar-refractivity contribution < 1.29 is 9.59 Å². The minimum atomic E-state index is -0.643. The summed E-state index contributed by atoms with van der Waals surface area (Å²) in [5.74, 6) is -0.339. The Labute approximate surface area is 167 Å². The molecule has 0 aliphatic carbocycles. The molecule has 0 spiro atoms. The van der Waals surface area contributed by atoms with Crippen LogP contribution in [0.25, 0.3) is 0 Å². The fourth-order valence-corrected chi connectivity index (χ4v) is 3.49. The zero-order valence-electron chi connectivity index (χ0n) is 16.7. The Bertz CT molecular complexity index is 771. The highest BCUT2D eigenvalue weighted by atomic mass is 16.2. The molecular formula is C23H29N3O2. The number of amides is 2. The largest absolute Gasteiger partial charge is 0.340 e. The lowest BCUT2D eigenvalue weighted by atomic mass is 9.98. The second kappa shape index (κ2) is 9.51. The van der Waals surface area contributed by atoms with Crippen molar-refractivity contribution in [3.05, 3.63) is 71.8 Å². The van der Waals surface area contributed by atoms with Crippen molar-refractivity contribution in [1.82, 2.24) is 15.1 Å². The molecule has 1 N–H and O–H groups in total. The maximum atomic E-state index is 13.2. The standard InChI is InChI=1S/C23H29N3O2/c1-18(17-19-9-5-3-6-10-19)22(27)24-21(20-11-7-4-8-12-20)23(28)26-15-13-25(2)14-16-26/h3-12,18,21H,13-17H2,1-2H3,(H,24,27)/t18?,21-/m0/s1. The molecule has 1 heterocycles. The van der Waals surface area contributed by atoms with Gasteiger partial charge in [0.05, 0.1) is 0 Å². The zero-order chi connectivity index (χ0) is 19.9. The van der Waals surface area contributed by atoms with Gasteiger partial charge in [-0.25, -0.2) is 0 Å². The van der Waals surface area contributed by atoms with Crippen LogP contribution in [0.1, 0.15) is 24.1 Å². The van der Waals surface area contributed by atoms with Crippen LogP contribution in [-0.2, 0) is 16.0 Å². The molecule has 0 radical (unpaired) electrons. The van der Waals surface area contributed by atoms with Crippen LogP contribution in [0.2, 0.25) is 0 Å². The number of hydrogen-bond donors (Lipinski definition) is 1. The lowest BCUT2D eigenvalue weighted by molar-refractivity contribution is -0.138. The molecule has 5 heteroatoms. The predicted octanol–water partition coefficient (Wildman–Crippen LogP) is 2.50. The van der Waals surface area contributed by atoms with Crippen LogP contribution in [0.4, 0.5) is 0 Å². The van der Waals surface area contributed by atoms with E-state index in [0.717, 1.165) is 24.2 Å². The van der Waals surface area contributed by atoms with E-state index in [9.17, 15) is 9.59 Å². The van der Waals surface area contributed by atoms with E-state index >= 15 is 0 Å². The highest BCUT2D eigenvalue weighted by molar-refractivity contribution is 5.89. The highest BCUT2D eigenvalue weighted by Crippen LogP contribution is 2.19. The minimum Gasteiger partial charge on any atom is -0.340 e. The quantitative estimate of drug-likeness (QED) is 0.839. The van der Waals surface area contributed by atoms with Crippen molar-refractivity contribution in [3.63, 3.8) is 0 Å². The Morgan fingerprint density at radius 3 is 2.11 bits per heavy atom. The molecule has 1 saturated heterocycles. The number of carbonyl (C=O) groups excluding carboxylic acids is 2. The van der Waals surface area contributed by atoms with Gasteiger partial charge in [0.1, 0.15) is 6.04 Å². The molecule has 1 unspecified atom stereocenters. The lowest BCUT2D eigenvalue weighted by Crippen LogP contribution is -2.51. The number of carbonyl (C=O) groups is 2. The van der Waals surface area contributed by atoms with Gasteiger partial charge in [0, 0.05) is 32.1 Å². The van der Waals surface area contributed by atoms with Gasteiger partial charge in [-0.05, 0) is 24.6 Å². The molecule has 0 saturated carbocycles. The van der Waals surface area contributed by atoms with Crippen LogP contribution in [0, 0.1) is 5.92 Å². The SMILES string of the molecule is CC(Cc1ccccc1)C(=O)N[C@H](C(=O)N1CCN(C)CC1)c1ccccc1. The second-order valence-electron chi connectivity index (χ2n) is 7.57. The average molecular weight is 380 g/mol. The summed E-state index contributed by atoms with van der Waals surface area (Å²) in [5, 5.41) is 3.02. The Kier molecular flexibility index (Phi) is 6.82. The van der Waals surface area contributed by atoms with Crippen molar-refractivity contribution in [1.29, 1.82) is 0 Å². The molecule has 2 atom stereocenters. The summed E-state index contributed by atoms with van der Waals surface area (Å²) in [4.78, 5) is 30.2. The zero-order valence-corrected chi connectivity index (χ0v) is 16.7. The van der Waals surface area contributed by atoms with Crippen LogP contribution >= 0.6 is 0 Å². The molecule has 3 rings (SSSR count). The van der Waals surface area contributed by atoms with Gasteiger partial charge < -0.3 is 15.1 Å². The van der Waals surface area contributed by atoms with E-state index < -0.39 is 6.04 Å². The van der Waals surface area contributed by atoms with Gasteiger partial charge >= 0.3 is 0 Å². The molecule has 1 fully saturated rings.